The Morgan fingerprint density at radius 2 is 1.37 bits per heavy atom. The smallest absolute Gasteiger partial charge is 0.335 e. The first kappa shape index (κ1) is 17.4. The molecule has 0 unspecified atom stereocenters. The first-order valence-electron chi connectivity index (χ1n) is 8.39. The van der Waals surface area contributed by atoms with Gasteiger partial charge < -0.3 is 5.11 Å². The Kier molecular flexibility index (Phi) is 4.46. The van der Waals surface area contributed by atoms with Gasteiger partial charge >= 0.3 is 5.97 Å². The molecule has 27 heavy (non-hydrogen) atoms. The monoisotopic (exact) mass is 418 g/mol. The lowest BCUT2D eigenvalue weighted by Crippen LogP contribution is -1.99. The lowest BCUT2D eigenvalue weighted by Gasteiger charge is -2.11. The van der Waals surface area contributed by atoms with Gasteiger partial charge in [0.1, 0.15) is 0 Å². The molecule has 0 aliphatic rings. The van der Waals surface area contributed by atoms with Crippen LogP contribution in [0.2, 0.25) is 0 Å². The zero-order valence-corrected chi connectivity index (χ0v) is 16.1. The van der Waals surface area contributed by atoms with Crippen LogP contribution in [0, 0.1) is 6.92 Å². The van der Waals surface area contributed by atoms with E-state index in [4.69, 9.17) is 9.97 Å². The van der Waals surface area contributed by atoms with Crippen molar-refractivity contribution >= 4 is 32.9 Å². The maximum Gasteiger partial charge on any atom is 0.335 e. The molecular formula is C22H15BrN2O2. The minimum Gasteiger partial charge on any atom is -0.478 e. The van der Waals surface area contributed by atoms with Crippen LogP contribution < -0.4 is 0 Å². The molecule has 132 valence electrons. The molecule has 1 N–H and O–H groups in total. The number of aromatic carboxylic acids is 1. The van der Waals surface area contributed by atoms with Crippen molar-refractivity contribution in [3.8, 4) is 22.5 Å². The zero-order valence-electron chi connectivity index (χ0n) is 14.5. The largest absolute Gasteiger partial charge is 0.478 e. The van der Waals surface area contributed by atoms with Crippen molar-refractivity contribution in [2.24, 2.45) is 0 Å². The summed E-state index contributed by atoms with van der Waals surface area (Å²) in [6.07, 6.45) is 0. The lowest BCUT2D eigenvalue weighted by atomic mass is 10.0. The van der Waals surface area contributed by atoms with Gasteiger partial charge in [-0.05, 0) is 37.3 Å². The van der Waals surface area contributed by atoms with Crippen LogP contribution in [0.5, 0.6) is 0 Å². The number of halogens is 1. The summed E-state index contributed by atoms with van der Waals surface area (Å²) in [6.45, 7) is 2.03. The Morgan fingerprint density at radius 1 is 0.815 bits per heavy atom. The fraction of sp³-hybridized carbons (Fsp3) is 0.0455. The number of carboxylic acids is 1. The Labute approximate surface area is 164 Å². The number of nitrogens with zero attached hydrogens (tertiary/aromatic N) is 2. The van der Waals surface area contributed by atoms with Crippen molar-refractivity contribution in [3.05, 3.63) is 82.3 Å². The average molecular weight is 419 g/mol. The van der Waals surface area contributed by atoms with Gasteiger partial charge in [-0.25, -0.2) is 14.8 Å². The first-order valence-corrected chi connectivity index (χ1v) is 9.18. The number of fused-ring (bicyclic) bond motifs is 1. The highest BCUT2D eigenvalue weighted by molar-refractivity contribution is 9.10. The van der Waals surface area contributed by atoms with E-state index in [9.17, 15) is 9.90 Å². The number of rotatable bonds is 3. The maximum absolute atomic E-state index is 11.3. The molecule has 4 rings (SSSR count). The second kappa shape index (κ2) is 6.93. The number of aromatic nitrogens is 2. The van der Waals surface area contributed by atoms with Gasteiger partial charge in [0.05, 0.1) is 28.0 Å². The van der Waals surface area contributed by atoms with E-state index in [1.54, 1.807) is 18.2 Å². The van der Waals surface area contributed by atoms with Crippen molar-refractivity contribution in [2.45, 2.75) is 6.92 Å². The summed E-state index contributed by atoms with van der Waals surface area (Å²) < 4.78 is 0.989. The molecule has 0 saturated carbocycles. The van der Waals surface area contributed by atoms with Crippen LogP contribution in [0.4, 0.5) is 0 Å². The summed E-state index contributed by atoms with van der Waals surface area (Å²) in [4.78, 5) is 20.9. The number of hydrogen-bond donors (Lipinski definition) is 1. The summed E-state index contributed by atoms with van der Waals surface area (Å²) in [6, 6.07) is 20.8. The number of aryl methyl sites for hydroxylation is 1. The molecule has 0 atom stereocenters. The van der Waals surface area contributed by atoms with Crippen LogP contribution >= 0.6 is 15.9 Å². The molecule has 1 heterocycles. The second-order valence-electron chi connectivity index (χ2n) is 6.30. The molecular weight excluding hydrogens is 404 g/mol. The van der Waals surface area contributed by atoms with Gasteiger partial charge in [-0.1, -0.05) is 57.9 Å². The first-order chi connectivity index (χ1) is 13.0. The van der Waals surface area contributed by atoms with Crippen LogP contribution in [0.15, 0.2) is 71.2 Å². The van der Waals surface area contributed by atoms with Crippen molar-refractivity contribution < 1.29 is 9.90 Å². The predicted molar refractivity (Wildman–Crippen MR) is 110 cm³/mol. The minimum absolute atomic E-state index is 0.197. The number of carbonyl (C=O) groups is 1. The van der Waals surface area contributed by atoms with E-state index in [0.29, 0.717) is 11.0 Å². The van der Waals surface area contributed by atoms with Gasteiger partial charge in [-0.3, -0.25) is 0 Å². The van der Waals surface area contributed by atoms with E-state index in [1.807, 2.05) is 55.5 Å². The van der Waals surface area contributed by atoms with E-state index in [0.717, 1.165) is 32.6 Å². The van der Waals surface area contributed by atoms with Gasteiger partial charge in [0.25, 0.3) is 0 Å². The third kappa shape index (κ3) is 3.46. The molecule has 4 aromatic rings. The van der Waals surface area contributed by atoms with Crippen LogP contribution in [0.1, 0.15) is 15.9 Å². The van der Waals surface area contributed by atoms with Crippen molar-refractivity contribution in [2.75, 3.05) is 0 Å². The van der Waals surface area contributed by atoms with E-state index < -0.39 is 5.97 Å². The normalized spacial score (nSPS) is 10.9. The topological polar surface area (TPSA) is 63.1 Å². The summed E-state index contributed by atoms with van der Waals surface area (Å²) in [5.74, 6) is -0.979. The van der Waals surface area contributed by atoms with Gasteiger partial charge in [0.2, 0.25) is 0 Å². The van der Waals surface area contributed by atoms with E-state index in [-0.39, 0.29) is 5.56 Å². The van der Waals surface area contributed by atoms with E-state index >= 15 is 0 Å². The Morgan fingerprint density at radius 3 is 1.96 bits per heavy atom. The number of benzene rings is 3. The fourth-order valence-electron chi connectivity index (χ4n) is 2.91. The summed E-state index contributed by atoms with van der Waals surface area (Å²) >= 11 is 3.46. The molecule has 1 aromatic heterocycles. The molecule has 0 radical (unpaired) electrons. The molecule has 0 aliphatic heterocycles. The van der Waals surface area contributed by atoms with Gasteiger partial charge in [-0.2, -0.15) is 0 Å². The quantitative estimate of drug-likeness (QED) is 0.461. The van der Waals surface area contributed by atoms with E-state index in [1.165, 1.54) is 0 Å². The Bertz CT molecular complexity index is 1150. The standard InChI is InChI=1S/C22H15BrN2O2/c1-13-2-4-14(5-3-13)21-20(15-6-9-17(23)10-7-15)24-18-11-8-16(22(26)27)12-19(18)25-21/h2-12H,1H3,(H,26,27). The Hall–Kier alpha value is -3.05. The molecule has 0 fully saturated rings. The molecule has 0 bridgehead atoms. The highest BCUT2D eigenvalue weighted by Gasteiger charge is 2.14. The van der Waals surface area contributed by atoms with Crippen LogP contribution in [-0.2, 0) is 0 Å². The van der Waals surface area contributed by atoms with Crippen molar-refractivity contribution in [1.29, 1.82) is 0 Å². The van der Waals surface area contributed by atoms with Crippen LogP contribution in [-0.4, -0.2) is 21.0 Å². The molecule has 0 aliphatic carbocycles. The number of hydrogen-bond acceptors (Lipinski definition) is 3. The van der Waals surface area contributed by atoms with Crippen LogP contribution in [0.3, 0.4) is 0 Å². The third-order valence-electron chi connectivity index (χ3n) is 4.35. The summed E-state index contributed by atoms with van der Waals surface area (Å²) in [7, 11) is 0. The molecule has 0 saturated heterocycles. The molecule has 5 heteroatoms. The molecule has 3 aromatic carbocycles. The molecule has 4 nitrogen and oxygen atoms in total. The highest BCUT2D eigenvalue weighted by Crippen LogP contribution is 2.32. The van der Waals surface area contributed by atoms with Crippen molar-refractivity contribution in [1.82, 2.24) is 9.97 Å². The third-order valence-corrected chi connectivity index (χ3v) is 4.88. The summed E-state index contributed by atoms with van der Waals surface area (Å²) in [5.41, 5.74) is 5.96. The van der Waals surface area contributed by atoms with Crippen molar-refractivity contribution in [3.63, 3.8) is 0 Å². The molecule has 0 amide bonds. The highest BCUT2D eigenvalue weighted by atomic mass is 79.9. The predicted octanol–water partition coefficient (Wildman–Crippen LogP) is 5.73. The van der Waals surface area contributed by atoms with Gasteiger partial charge in [0, 0.05) is 15.6 Å². The van der Waals surface area contributed by atoms with Crippen LogP contribution in [0.25, 0.3) is 33.5 Å². The molecule has 0 spiro atoms. The van der Waals surface area contributed by atoms with E-state index in [2.05, 4.69) is 15.9 Å². The maximum atomic E-state index is 11.3. The summed E-state index contributed by atoms with van der Waals surface area (Å²) in [5, 5.41) is 9.27. The number of carboxylic acid groups (broad SMARTS) is 1. The van der Waals surface area contributed by atoms with Gasteiger partial charge in [0.15, 0.2) is 0 Å². The Balaban J connectivity index is 2.00. The fourth-order valence-corrected chi connectivity index (χ4v) is 3.17. The minimum atomic E-state index is -0.979. The lowest BCUT2D eigenvalue weighted by molar-refractivity contribution is 0.0697. The SMILES string of the molecule is Cc1ccc(-c2nc3cc(C(=O)O)ccc3nc2-c2ccc(Br)cc2)cc1. The zero-order chi connectivity index (χ0) is 19.0. The average Bonchev–Trinajstić information content (AvgIpc) is 2.68. The second-order valence-corrected chi connectivity index (χ2v) is 7.22. The van der Waals surface area contributed by atoms with Gasteiger partial charge in [-0.15, -0.1) is 0 Å².